The van der Waals surface area contributed by atoms with Crippen molar-refractivity contribution in [3.63, 3.8) is 0 Å². The summed E-state index contributed by atoms with van der Waals surface area (Å²) in [6.07, 6.45) is 3.00. The smallest absolute Gasteiger partial charge is 0.242 e. The highest BCUT2D eigenvalue weighted by molar-refractivity contribution is 5.84. The zero-order chi connectivity index (χ0) is 19.2. The summed E-state index contributed by atoms with van der Waals surface area (Å²) in [4.78, 5) is 31.6. The van der Waals surface area contributed by atoms with Crippen molar-refractivity contribution in [2.45, 2.75) is 26.2 Å². The molecule has 0 radical (unpaired) electrons. The van der Waals surface area contributed by atoms with E-state index in [9.17, 15) is 14.0 Å². The van der Waals surface area contributed by atoms with Crippen LogP contribution in [0.2, 0.25) is 0 Å². The number of carbonyl (C=O) groups is 2. The number of nitrogens with zero attached hydrogens (tertiary/aromatic N) is 3. The maximum atomic E-state index is 13.4. The third-order valence-corrected chi connectivity index (χ3v) is 4.47. The van der Waals surface area contributed by atoms with Crippen LogP contribution >= 0.6 is 0 Å². The minimum absolute atomic E-state index is 0.0280. The van der Waals surface area contributed by atoms with Crippen molar-refractivity contribution in [3.05, 3.63) is 65.7 Å². The van der Waals surface area contributed by atoms with Crippen LogP contribution in [0.4, 0.5) is 4.39 Å². The van der Waals surface area contributed by atoms with Crippen LogP contribution in [0.15, 0.2) is 48.8 Å². The molecule has 1 atom stereocenters. The summed E-state index contributed by atoms with van der Waals surface area (Å²) in [7, 11) is 0. The largest absolute Gasteiger partial charge is 0.370 e. The van der Waals surface area contributed by atoms with Gasteiger partial charge in [-0.2, -0.15) is 0 Å². The first-order valence-electron chi connectivity index (χ1n) is 8.79. The van der Waals surface area contributed by atoms with Gasteiger partial charge in [0.2, 0.25) is 11.8 Å². The summed E-state index contributed by atoms with van der Waals surface area (Å²) >= 11 is 0. The lowest BCUT2D eigenvalue weighted by atomic mass is 10.2. The topological polar surface area (TPSA) is 62.7 Å². The van der Waals surface area contributed by atoms with Crippen LogP contribution in [0.3, 0.4) is 0 Å². The summed E-state index contributed by atoms with van der Waals surface area (Å²) in [5.41, 5.74) is 1.67. The van der Waals surface area contributed by atoms with Gasteiger partial charge in [0.25, 0.3) is 0 Å². The average Bonchev–Trinajstić information content (AvgIpc) is 2.80. The molecule has 2 heterocycles. The van der Waals surface area contributed by atoms with Crippen molar-refractivity contribution in [1.29, 1.82) is 0 Å². The predicted octanol–water partition coefficient (Wildman–Crippen LogP) is 2.00. The summed E-state index contributed by atoms with van der Waals surface area (Å²) in [6.45, 7) is 2.79. The van der Waals surface area contributed by atoms with E-state index in [1.165, 1.54) is 24.0 Å². The average molecular weight is 371 g/mol. The molecule has 0 saturated carbocycles. The molecule has 1 aromatic carbocycles. The highest BCUT2D eigenvalue weighted by Crippen LogP contribution is 2.14. The number of hydrogen-bond donors (Lipinski definition) is 0. The number of hydrogen-bond acceptors (Lipinski definition) is 4. The summed E-state index contributed by atoms with van der Waals surface area (Å²) in [5, 5.41) is 0. The molecule has 0 N–H and O–H groups in total. The maximum absolute atomic E-state index is 13.4. The van der Waals surface area contributed by atoms with E-state index in [2.05, 4.69) is 4.98 Å². The number of aromatic nitrogens is 1. The lowest BCUT2D eigenvalue weighted by molar-refractivity contribution is -0.137. The Bertz CT molecular complexity index is 800. The van der Waals surface area contributed by atoms with Crippen LogP contribution in [0.5, 0.6) is 0 Å². The molecule has 2 aromatic rings. The van der Waals surface area contributed by atoms with Gasteiger partial charge in [0.05, 0.1) is 19.3 Å². The number of ether oxygens (including phenoxy) is 1. The quantitative estimate of drug-likeness (QED) is 0.807. The molecule has 1 fully saturated rings. The third kappa shape index (κ3) is 5.34. The van der Waals surface area contributed by atoms with Crippen LogP contribution in [-0.2, 0) is 27.5 Å². The molecule has 0 bridgehead atoms. The van der Waals surface area contributed by atoms with Gasteiger partial charge < -0.3 is 14.5 Å². The number of pyridine rings is 1. The Morgan fingerprint density at radius 3 is 2.70 bits per heavy atom. The van der Waals surface area contributed by atoms with Crippen molar-refractivity contribution >= 4 is 11.8 Å². The molecule has 1 aromatic heterocycles. The minimum Gasteiger partial charge on any atom is -0.370 e. The molecule has 1 aliphatic heterocycles. The first-order chi connectivity index (χ1) is 13.0. The highest BCUT2D eigenvalue weighted by Gasteiger charge is 2.29. The maximum Gasteiger partial charge on any atom is 0.242 e. The molecule has 3 rings (SSSR count). The molecule has 142 valence electrons. The van der Waals surface area contributed by atoms with Gasteiger partial charge in [0.1, 0.15) is 5.82 Å². The first-order valence-corrected chi connectivity index (χ1v) is 8.79. The zero-order valence-electron chi connectivity index (χ0n) is 15.2. The minimum atomic E-state index is -0.356. The van der Waals surface area contributed by atoms with Gasteiger partial charge in [-0.3, -0.25) is 14.6 Å². The van der Waals surface area contributed by atoms with E-state index in [0.717, 1.165) is 5.56 Å². The first kappa shape index (κ1) is 19.0. The van der Waals surface area contributed by atoms with Crippen molar-refractivity contribution in [1.82, 2.24) is 14.8 Å². The Morgan fingerprint density at radius 2 is 2.00 bits per heavy atom. The van der Waals surface area contributed by atoms with Crippen LogP contribution in [0.25, 0.3) is 0 Å². The van der Waals surface area contributed by atoms with Crippen LogP contribution in [0, 0.1) is 5.82 Å². The van der Waals surface area contributed by atoms with E-state index in [1.807, 2.05) is 12.1 Å². The SMILES string of the molecule is CC(=O)N1CC(=O)N(Cc2ccncc2)CC(OCc2cccc(F)c2)C1. The van der Waals surface area contributed by atoms with Crippen LogP contribution < -0.4 is 0 Å². The second kappa shape index (κ2) is 8.73. The summed E-state index contributed by atoms with van der Waals surface area (Å²) < 4.78 is 19.3. The molecule has 7 heteroatoms. The standard InChI is InChI=1S/C20H22FN3O3/c1-15(25)23-11-19(27-14-17-3-2-4-18(21)9-17)12-24(20(26)13-23)10-16-5-7-22-8-6-16/h2-9,19H,10-14H2,1H3. The summed E-state index contributed by atoms with van der Waals surface area (Å²) in [6, 6.07) is 9.90. The van der Waals surface area contributed by atoms with E-state index in [0.29, 0.717) is 25.2 Å². The number of amides is 2. The fraction of sp³-hybridized carbons (Fsp3) is 0.350. The van der Waals surface area contributed by atoms with E-state index in [-0.39, 0.29) is 36.9 Å². The molecule has 27 heavy (non-hydrogen) atoms. The van der Waals surface area contributed by atoms with Crippen LogP contribution in [0.1, 0.15) is 18.1 Å². The van der Waals surface area contributed by atoms with Gasteiger partial charge in [0, 0.05) is 39.0 Å². The Labute approximate surface area is 157 Å². The van der Waals surface area contributed by atoms with Gasteiger partial charge >= 0.3 is 0 Å². The van der Waals surface area contributed by atoms with Crippen molar-refractivity contribution < 1.29 is 18.7 Å². The molecule has 1 saturated heterocycles. The lowest BCUT2D eigenvalue weighted by Crippen LogP contribution is -2.38. The van der Waals surface area contributed by atoms with Gasteiger partial charge in [-0.05, 0) is 35.4 Å². The van der Waals surface area contributed by atoms with Gasteiger partial charge in [-0.15, -0.1) is 0 Å². The molecular weight excluding hydrogens is 349 g/mol. The molecule has 6 nitrogen and oxygen atoms in total. The van der Waals surface area contributed by atoms with Gasteiger partial charge in [0.15, 0.2) is 0 Å². The second-order valence-corrected chi connectivity index (χ2v) is 6.59. The normalized spacial score (nSPS) is 17.7. The number of rotatable bonds is 5. The summed E-state index contributed by atoms with van der Waals surface area (Å²) in [5.74, 6) is -0.621. The van der Waals surface area contributed by atoms with E-state index in [4.69, 9.17) is 4.74 Å². The molecule has 0 aliphatic carbocycles. The molecule has 1 unspecified atom stereocenters. The van der Waals surface area contributed by atoms with Crippen LogP contribution in [-0.4, -0.2) is 52.3 Å². The van der Waals surface area contributed by atoms with E-state index < -0.39 is 0 Å². The molecule has 0 spiro atoms. The fourth-order valence-electron chi connectivity index (χ4n) is 3.03. The van der Waals surface area contributed by atoms with Gasteiger partial charge in [-0.25, -0.2) is 4.39 Å². The lowest BCUT2D eigenvalue weighted by Gasteiger charge is -2.24. The van der Waals surface area contributed by atoms with E-state index in [1.54, 1.807) is 29.4 Å². The molecule has 2 amide bonds. The molecular formula is C20H22FN3O3. The Kier molecular flexibility index (Phi) is 6.13. The molecule has 1 aliphatic rings. The van der Waals surface area contributed by atoms with Crippen molar-refractivity contribution in [3.8, 4) is 0 Å². The Hall–Kier alpha value is -2.80. The highest BCUT2D eigenvalue weighted by atomic mass is 19.1. The van der Waals surface area contributed by atoms with Crippen molar-refractivity contribution in [2.75, 3.05) is 19.6 Å². The van der Waals surface area contributed by atoms with E-state index >= 15 is 0 Å². The third-order valence-electron chi connectivity index (χ3n) is 4.47. The predicted molar refractivity (Wildman–Crippen MR) is 96.9 cm³/mol. The Morgan fingerprint density at radius 1 is 1.22 bits per heavy atom. The number of halogens is 1. The second-order valence-electron chi connectivity index (χ2n) is 6.59. The monoisotopic (exact) mass is 371 g/mol. The zero-order valence-corrected chi connectivity index (χ0v) is 15.2. The Balaban J connectivity index is 1.71. The van der Waals surface area contributed by atoms with Gasteiger partial charge in [-0.1, -0.05) is 12.1 Å². The fourth-order valence-corrected chi connectivity index (χ4v) is 3.03. The van der Waals surface area contributed by atoms with Crippen molar-refractivity contribution in [2.24, 2.45) is 0 Å². The number of carbonyl (C=O) groups excluding carboxylic acids is 2. The number of benzene rings is 1.